The van der Waals surface area contributed by atoms with E-state index in [4.69, 9.17) is 9.47 Å². The van der Waals surface area contributed by atoms with E-state index in [1.54, 1.807) is 30.9 Å². The molecule has 0 radical (unpaired) electrons. The minimum Gasteiger partial charge on any atom is -0.486 e. The molecule has 2 saturated heterocycles. The van der Waals surface area contributed by atoms with E-state index in [9.17, 15) is 27.9 Å². The van der Waals surface area contributed by atoms with Crippen LogP contribution in [0.3, 0.4) is 0 Å². The molecule has 9 heteroatoms. The second kappa shape index (κ2) is 7.73. The molecule has 3 aliphatic rings. The van der Waals surface area contributed by atoms with Gasteiger partial charge in [-0.3, -0.25) is 4.79 Å². The lowest BCUT2D eigenvalue weighted by atomic mass is 9.73. The molecule has 0 saturated carbocycles. The first kappa shape index (κ1) is 22.7. The van der Waals surface area contributed by atoms with Crippen molar-refractivity contribution < 1.29 is 37.3 Å². The summed E-state index contributed by atoms with van der Waals surface area (Å²) in [6.45, 7) is 3.92. The highest BCUT2D eigenvalue weighted by molar-refractivity contribution is 5.97. The van der Waals surface area contributed by atoms with Gasteiger partial charge in [0.25, 0.3) is 5.91 Å². The average molecular weight is 475 g/mol. The number of rotatable bonds is 2. The van der Waals surface area contributed by atoms with Crippen LogP contribution in [0.2, 0.25) is 0 Å². The van der Waals surface area contributed by atoms with Crippen molar-refractivity contribution in [3.8, 4) is 5.75 Å². The Kier molecular flexibility index (Phi) is 5.16. The molecule has 4 atom stereocenters. The number of aromatic carboxylic acids is 1. The number of amides is 1. The maximum Gasteiger partial charge on any atom is 0.419 e. The quantitative estimate of drug-likeness (QED) is 0.666. The molecule has 3 heterocycles. The van der Waals surface area contributed by atoms with Crippen molar-refractivity contribution >= 4 is 11.9 Å². The van der Waals surface area contributed by atoms with E-state index in [2.05, 4.69) is 0 Å². The van der Waals surface area contributed by atoms with Gasteiger partial charge in [0, 0.05) is 23.6 Å². The van der Waals surface area contributed by atoms with E-state index < -0.39 is 29.4 Å². The molecule has 0 unspecified atom stereocenters. The number of fused-ring (bicyclic) bond motifs is 4. The van der Waals surface area contributed by atoms with Crippen molar-refractivity contribution in [2.75, 3.05) is 6.54 Å². The number of hydrogen-bond donors (Lipinski definition) is 1. The van der Waals surface area contributed by atoms with Gasteiger partial charge in [0.2, 0.25) is 0 Å². The molecule has 3 aliphatic heterocycles. The first-order valence-electron chi connectivity index (χ1n) is 11.2. The number of carbonyl (C=O) groups is 2. The highest BCUT2D eigenvalue weighted by atomic mass is 19.4. The predicted octanol–water partition coefficient (Wildman–Crippen LogP) is 4.94. The Morgan fingerprint density at radius 2 is 1.82 bits per heavy atom. The Morgan fingerprint density at radius 3 is 2.53 bits per heavy atom. The van der Waals surface area contributed by atoms with Gasteiger partial charge in [0.15, 0.2) is 0 Å². The zero-order valence-corrected chi connectivity index (χ0v) is 18.6. The lowest BCUT2D eigenvalue weighted by Gasteiger charge is -2.51. The largest absolute Gasteiger partial charge is 0.486 e. The molecule has 180 valence electrons. The summed E-state index contributed by atoms with van der Waals surface area (Å²) in [5.74, 6) is -1.86. The van der Waals surface area contributed by atoms with Crippen LogP contribution in [0.15, 0.2) is 42.5 Å². The molecular weight excluding hydrogens is 451 g/mol. The smallest absolute Gasteiger partial charge is 0.419 e. The second-order valence-corrected chi connectivity index (χ2v) is 9.61. The number of ether oxygens (including phenoxy) is 2. The molecule has 1 N–H and O–H groups in total. The van der Waals surface area contributed by atoms with E-state index in [-0.39, 0.29) is 40.8 Å². The summed E-state index contributed by atoms with van der Waals surface area (Å²) >= 11 is 0. The number of halogens is 3. The average Bonchev–Trinajstić information content (AvgIpc) is 3.19. The van der Waals surface area contributed by atoms with Crippen LogP contribution >= 0.6 is 0 Å². The molecular formula is C25H24F3NO5. The number of alkyl halides is 3. The summed E-state index contributed by atoms with van der Waals surface area (Å²) in [6.07, 6.45) is -4.40. The summed E-state index contributed by atoms with van der Waals surface area (Å²) in [7, 11) is 0. The SMILES string of the molecule is CC1(C)Oc2c(cccc2C(F)(F)F)[C@@H]2O[C@@H]3CCN(C(=O)c4cccc(C(=O)O)c4)[C@@H]3C[C@H]21. The standard InChI is InChI=1S/C25H24F3NO5/c1-24(2)17-12-18-19(9-10-29(18)22(30)13-5-3-6-14(11-13)23(31)32)33-20(17)15-7-4-8-16(21(15)34-24)25(26,27)28/h3-8,11,17-20H,9-10,12H2,1-2H3,(H,31,32)/t17-,18-,19-,20+/m1/s1. The fraction of sp³-hybridized carbons (Fsp3) is 0.440. The molecule has 34 heavy (non-hydrogen) atoms. The molecule has 0 aromatic heterocycles. The number of para-hydroxylation sites is 1. The lowest BCUT2D eigenvalue weighted by Crippen LogP contribution is -2.54. The van der Waals surface area contributed by atoms with Crippen LogP contribution in [0.4, 0.5) is 13.2 Å². The number of nitrogens with zero attached hydrogens (tertiary/aromatic N) is 1. The third-order valence-corrected chi connectivity index (χ3v) is 7.20. The molecule has 2 fully saturated rings. The summed E-state index contributed by atoms with van der Waals surface area (Å²) in [6, 6.07) is 9.62. The van der Waals surface area contributed by atoms with E-state index in [1.807, 2.05) is 0 Å². The van der Waals surface area contributed by atoms with Crippen LogP contribution < -0.4 is 4.74 Å². The van der Waals surface area contributed by atoms with Gasteiger partial charge in [-0.05, 0) is 51.0 Å². The van der Waals surface area contributed by atoms with Gasteiger partial charge in [0.05, 0.1) is 29.4 Å². The van der Waals surface area contributed by atoms with Gasteiger partial charge < -0.3 is 19.5 Å². The van der Waals surface area contributed by atoms with E-state index in [0.29, 0.717) is 24.9 Å². The van der Waals surface area contributed by atoms with Crippen LogP contribution in [0.5, 0.6) is 5.75 Å². The number of carboxylic acid groups (broad SMARTS) is 1. The van der Waals surface area contributed by atoms with Crippen molar-refractivity contribution in [1.29, 1.82) is 0 Å². The van der Waals surface area contributed by atoms with Gasteiger partial charge in [-0.25, -0.2) is 4.79 Å². The Bertz CT molecular complexity index is 1160. The Morgan fingerprint density at radius 1 is 1.12 bits per heavy atom. The minimum absolute atomic E-state index is 0.0282. The summed E-state index contributed by atoms with van der Waals surface area (Å²) < 4.78 is 53.3. The fourth-order valence-electron chi connectivity index (χ4n) is 5.53. The van der Waals surface area contributed by atoms with E-state index in [1.165, 1.54) is 24.3 Å². The molecule has 2 aromatic rings. The van der Waals surface area contributed by atoms with Crippen LogP contribution in [0.1, 0.15) is 64.6 Å². The fourth-order valence-corrected chi connectivity index (χ4v) is 5.53. The van der Waals surface area contributed by atoms with Gasteiger partial charge in [-0.1, -0.05) is 18.2 Å². The summed E-state index contributed by atoms with van der Waals surface area (Å²) in [5.41, 5.74) is -1.08. The predicted molar refractivity (Wildman–Crippen MR) is 115 cm³/mol. The summed E-state index contributed by atoms with van der Waals surface area (Å²) in [4.78, 5) is 26.3. The van der Waals surface area contributed by atoms with Crippen LogP contribution in [0, 0.1) is 5.92 Å². The number of carbonyl (C=O) groups excluding carboxylic acids is 1. The van der Waals surface area contributed by atoms with Crippen molar-refractivity contribution in [3.05, 3.63) is 64.7 Å². The first-order chi connectivity index (χ1) is 16.0. The maximum atomic E-state index is 13.6. The van der Waals surface area contributed by atoms with E-state index >= 15 is 0 Å². The van der Waals surface area contributed by atoms with Crippen molar-refractivity contribution in [3.63, 3.8) is 0 Å². The number of carboxylic acids is 1. The topological polar surface area (TPSA) is 76.1 Å². The van der Waals surface area contributed by atoms with Crippen molar-refractivity contribution in [2.45, 2.75) is 56.7 Å². The third-order valence-electron chi connectivity index (χ3n) is 7.20. The van der Waals surface area contributed by atoms with Crippen molar-refractivity contribution in [2.24, 2.45) is 5.92 Å². The number of hydrogen-bond acceptors (Lipinski definition) is 4. The first-order valence-corrected chi connectivity index (χ1v) is 11.2. The van der Waals surface area contributed by atoms with Gasteiger partial charge >= 0.3 is 12.1 Å². The Labute approximate surface area is 194 Å². The van der Waals surface area contributed by atoms with Crippen LogP contribution in [-0.2, 0) is 10.9 Å². The highest BCUT2D eigenvalue weighted by Crippen LogP contribution is 2.55. The van der Waals surface area contributed by atoms with Crippen LogP contribution in [-0.4, -0.2) is 46.2 Å². The number of likely N-dealkylation sites (tertiary alicyclic amines) is 1. The minimum atomic E-state index is -4.55. The Hall–Kier alpha value is -3.07. The maximum absolute atomic E-state index is 13.6. The molecule has 5 rings (SSSR count). The summed E-state index contributed by atoms with van der Waals surface area (Å²) in [5, 5.41) is 9.25. The van der Waals surface area contributed by atoms with Gasteiger partial charge in [-0.2, -0.15) is 13.2 Å². The molecule has 1 amide bonds. The normalized spacial score (nSPS) is 27.3. The van der Waals surface area contributed by atoms with Crippen molar-refractivity contribution in [1.82, 2.24) is 4.90 Å². The van der Waals surface area contributed by atoms with E-state index in [0.717, 1.165) is 6.07 Å². The zero-order valence-electron chi connectivity index (χ0n) is 18.6. The monoisotopic (exact) mass is 475 g/mol. The van der Waals surface area contributed by atoms with Gasteiger partial charge in [-0.15, -0.1) is 0 Å². The highest BCUT2D eigenvalue weighted by Gasteiger charge is 2.55. The molecule has 0 aliphatic carbocycles. The Balaban J connectivity index is 1.46. The molecule has 0 bridgehead atoms. The lowest BCUT2D eigenvalue weighted by molar-refractivity contribution is -0.166. The molecule has 2 aromatic carbocycles. The van der Waals surface area contributed by atoms with Gasteiger partial charge in [0.1, 0.15) is 11.4 Å². The van der Waals surface area contributed by atoms with Crippen LogP contribution in [0.25, 0.3) is 0 Å². The third kappa shape index (κ3) is 3.62. The number of benzene rings is 2. The second-order valence-electron chi connectivity index (χ2n) is 9.61. The molecule has 6 nitrogen and oxygen atoms in total. The molecule has 0 spiro atoms. The zero-order chi connectivity index (χ0) is 24.4.